The third-order valence-electron chi connectivity index (χ3n) is 1.27. The first-order valence-electron chi connectivity index (χ1n) is 3.06. The molecule has 0 aromatic heterocycles. The molecule has 0 aliphatic rings. The molecule has 0 aliphatic carbocycles. The SMILES string of the molecule is C=C(C)C(C(=O)O)N(C)C=O. The van der Waals surface area contributed by atoms with Crippen LogP contribution in [0.4, 0.5) is 0 Å². The van der Waals surface area contributed by atoms with Crippen molar-refractivity contribution in [3.63, 3.8) is 0 Å². The number of amides is 1. The highest BCUT2D eigenvalue weighted by Gasteiger charge is 2.21. The van der Waals surface area contributed by atoms with Crippen LogP contribution in [0.3, 0.4) is 0 Å². The molecule has 0 heterocycles. The first kappa shape index (κ1) is 9.68. The molecule has 1 N–H and O–H groups in total. The summed E-state index contributed by atoms with van der Waals surface area (Å²) in [5.41, 5.74) is 0.437. The predicted octanol–water partition coefficient (Wildman–Crippen LogP) is 0.104. The molecule has 4 nitrogen and oxygen atoms in total. The molecule has 0 aromatic carbocycles. The molecule has 62 valence electrons. The molecular formula is C7H11NO3. The number of carbonyl (C=O) groups excluding carboxylic acids is 1. The van der Waals surface area contributed by atoms with E-state index in [4.69, 9.17) is 5.11 Å². The predicted molar refractivity (Wildman–Crippen MR) is 40.1 cm³/mol. The Labute approximate surface area is 65.1 Å². The molecule has 4 heteroatoms. The highest BCUT2D eigenvalue weighted by Crippen LogP contribution is 2.04. The van der Waals surface area contributed by atoms with Crippen molar-refractivity contribution in [2.45, 2.75) is 13.0 Å². The summed E-state index contributed by atoms with van der Waals surface area (Å²) in [4.78, 5) is 21.7. The van der Waals surface area contributed by atoms with E-state index >= 15 is 0 Å². The van der Waals surface area contributed by atoms with E-state index in [-0.39, 0.29) is 0 Å². The van der Waals surface area contributed by atoms with Crippen LogP contribution in [0.25, 0.3) is 0 Å². The van der Waals surface area contributed by atoms with Gasteiger partial charge in [0.25, 0.3) is 0 Å². The summed E-state index contributed by atoms with van der Waals surface area (Å²) >= 11 is 0. The van der Waals surface area contributed by atoms with Crippen molar-refractivity contribution >= 4 is 12.4 Å². The Bertz CT molecular complexity index is 174. The molecule has 0 saturated heterocycles. The lowest BCUT2D eigenvalue weighted by Crippen LogP contribution is -2.38. The normalized spacial score (nSPS) is 11.8. The minimum Gasteiger partial charge on any atom is -0.479 e. The van der Waals surface area contributed by atoms with Gasteiger partial charge in [-0.2, -0.15) is 0 Å². The molecule has 0 bridgehead atoms. The lowest BCUT2D eigenvalue weighted by atomic mass is 10.1. The number of carboxylic acids is 1. The maximum atomic E-state index is 10.5. The van der Waals surface area contributed by atoms with Crippen LogP contribution in [-0.4, -0.2) is 35.5 Å². The number of likely N-dealkylation sites (N-methyl/N-ethyl adjacent to an activating group) is 1. The van der Waals surface area contributed by atoms with Gasteiger partial charge >= 0.3 is 5.97 Å². The molecule has 0 fully saturated rings. The number of hydrogen-bond donors (Lipinski definition) is 1. The molecule has 1 amide bonds. The van der Waals surface area contributed by atoms with Crippen LogP contribution in [-0.2, 0) is 9.59 Å². The van der Waals surface area contributed by atoms with Gasteiger partial charge in [0.2, 0.25) is 6.41 Å². The van der Waals surface area contributed by atoms with E-state index in [0.717, 1.165) is 4.90 Å². The standard InChI is InChI=1S/C7H11NO3/c1-5(2)6(7(10)11)8(3)4-9/h4,6H,1H2,2-3H3,(H,10,11). The van der Waals surface area contributed by atoms with Gasteiger partial charge in [-0.1, -0.05) is 6.58 Å². The van der Waals surface area contributed by atoms with Crippen LogP contribution in [0.5, 0.6) is 0 Å². The van der Waals surface area contributed by atoms with Gasteiger partial charge < -0.3 is 10.0 Å². The minimum absolute atomic E-state index is 0.437. The van der Waals surface area contributed by atoms with Crippen molar-refractivity contribution < 1.29 is 14.7 Å². The van der Waals surface area contributed by atoms with Crippen LogP contribution in [0, 0.1) is 0 Å². The zero-order chi connectivity index (χ0) is 9.02. The van der Waals surface area contributed by atoms with Gasteiger partial charge in [-0.3, -0.25) is 4.79 Å². The van der Waals surface area contributed by atoms with E-state index in [0.29, 0.717) is 12.0 Å². The molecule has 0 rings (SSSR count). The Morgan fingerprint density at radius 3 is 2.27 bits per heavy atom. The van der Waals surface area contributed by atoms with Gasteiger partial charge in [0.15, 0.2) is 0 Å². The highest BCUT2D eigenvalue weighted by atomic mass is 16.4. The van der Waals surface area contributed by atoms with E-state index in [9.17, 15) is 9.59 Å². The Morgan fingerprint density at radius 1 is 1.73 bits per heavy atom. The Balaban J connectivity index is 4.46. The first-order valence-corrected chi connectivity index (χ1v) is 3.06. The molecule has 0 spiro atoms. The lowest BCUT2D eigenvalue weighted by molar-refractivity contribution is -0.143. The van der Waals surface area contributed by atoms with E-state index in [1.807, 2.05) is 0 Å². The Hall–Kier alpha value is -1.32. The highest BCUT2D eigenvalue weighted by molar-refractivity contribution is 5.79. The second kappa shape index (κ2) is 3.75. The average molecular weight is 157 g/mol. The molecule has 0 radical (unpaired) electrons. The van der Waals surface area contributed by atoms with E-state index in [2.05, 4.69) is 6.58 Å². The van der Waals surface area contributed by atoms with E-state index in [1.165, 1.54) is 7.05 Å². The lowest BCUT2D eigenvalue weighted by Gasteiger charge is -2.19. The summed E-state index contributed by atoms with van der Waals surface area (Å²) in [6, 6.07) is -0.910. The van der Waals surface area contributed by atoms with Gasteiger partial charge in [0, 0.05) is 7.05 Å². The summed E-state index contributed by atoms with van der Waals surface area (Å²) < 4.78 is 0. The van der Waals surface area contributed by atoms with Gasteiger partial charge in [-0.15, -0.1) is 0 Å². The van der Waals surface area contributed by atoms with Crippen LogP contribution < -0.4 is 0 Å². The van der Waals surface area contributed by atoms with Crippen LogP contribution in [0.2, 0.25) is 0 Å². The fraction of sp³-hybridized carbons (Fsp3) is 0.429. The van der Waals surface area contributed by atoms with Crippen molar-refractivity contribution in [3.8, 4) is 0 Å². The zero-order valence-corrected chi connectivity index (χ0v) is 6.57. The van der Waals surface area contributed by atoms with Crippen molar-refractivity contribution in [2.75, 3.05) is 7.05 Å². The Morgan fingerprint density at radius 2 is 2.18 bits per heavy atom. The van der Waals surface area contributed by atoms with Gasteiger partial charge in [-0.25, -0.2) is 4.79 Å². The summed E-state index contributed by atoms with van der Waals surface area (Å²) in [5.74, 6) is -1.06. The van der Waals surface area contributed by atoms with E-state index < -0.39 is 12.0 Å². The number of carbonyl (C=O) groups is 2. The summed E-state index contributed by atoms with van der Waals surface area (Å²) in [6.07, 6.45) is 0.466. The maximum absolute atomic E-state index is 10.5. The van der Waals surface area contributed by atoms with Crippen LogP contribution >= 0.6 is 0 Å². The monoisotopic (exact) mass is 157 g/mol. The zero-order valence-electron chi connectivity index (χ0n) is 6.57. The number of rotatable bonds is 4. The number of hydrogen-bond acceptors (Lipinski definition) is 2. The molecule has 0 saturated carbocycles. The van der Waals surface area contributed by atoms with Crippen molar-refractivity contribution in [1.82, 2.24) is 4.90 Å². The largest absolute Gasteiger partial charge is 0.479 e. The molecule has 11 heavy (non-hydrogen) atoms. The third kappa shape index (κ3) is 2.41. The van der Waals surface area contributed by atoms with Crippen molar-refractivity contribution in [2.24, 2.45) is 0 Å². The summed E-state index contributed by atoms with van der Waals surface area (Å²) in [5, 5.41) is 8.58. The number of aliphatic carboxylic acids is 1. The van der Waals surface area contributed by atoms with Gasteiger partial charge in [0.05, 0.1) is 0 Å². The topological polar surface area (TPSA) is 57.6 Å². The second-order valence-electron chi connectivity index (χ2n) is 2.36. The Kier molecular flexibility index (Phi) is 3.30. The van der Waals surface area contributed by atoms with Crippen molar-refractivity contribution in [1.29, 1.82) is 0 Å². The quantitative estimate of drug-likeness (QED) is 0.465. The minimum atomic E-state index is -1.06. The molecular weight excluding hydrogens is 146 g/mol. The fourth-order valence-electron chi connectivity index (χ4n) is 0.793. The molecule has 1 unspecified atom stereocenters. The van der Waals surface area contributed by atoms with Crippen LogP contribution in [0.15, 0.2) is 12.2 Å². The maximum Gasteiger partial charge on any atom is 0.330 e. The first-order chi connectivity index (χ1) is 5.00. The van der Waals surface area contributed by atoms with Gasteiger partial charge in [-0.05, 0) is 12.5 Å². The van der Waals surface area contributed by atoms with Gasteiger partial charge in [0.1, 0.15) is 6.04 Å². The number of carboxylic acid groups (broad SMARTS) is 1. The molecule has 0 aliphatic heterocycles. The molecule has 1 atom stereocenters. The third-order valence-corrected chi connectivity index (χ3v) is 1.27. The van der Waals surface area contributed by atoms with Crippen molar-refractivity contribution in [3.05, 3.63) is 12.2 Å². The second-order valence-corrected chi connectivity index (χ2v) is 2.36. The summed E-state index contributed by atoms with van der Waals surface area (Å²) in [7, 11) is 1.40. The van der Waals surface area contributed by atoms with Crippen LogP contribution in [0.1, 0.15) is 6.92 Å². The number of nitrogens with zero attached hydrogens (tertiary/aromatic N) is 1. The summed E-state index contributed by atoms with van der Waals surface area (Å²) in [6.45, 7) is 5.03. The smallest absolute Gasteiger partial charge is 0.330 e. The average Bonchev–Trinajstić information content (AvgIpc) is 1.85. The fourth-order valence-corrected chi connectivity index (χ4v) is 0.793. The van der Waals surface area contributed by atoms with E-state index in [1.54, 1.807) is 6.92 Å². The molecule has 0 aromatic rings.